The van der Waals surface area contributed by atoms with Gasteiger partial charge in [0.2, 0.25) is 5.91 Å². The second-order valence-electron chi connectivity index (χ2n) is 5.81. The van der Waals surface area contributed by atoms with Gasteiger partial charge in [-0.05, 0) is 56.3 Å². The molecule has 0 radical (unpaired) electrons. The molecule has 4 heteroatoms. The SMILES string of the molecule is CSCC1CCN([C@@H](C)C(=O)NCc2ccccc2)CC1. The first-order valence-corrected chi connectivity index (χ1v) is 9.14. The average molecular weight is 306 g/mol. The van der Waals surface area contributed by atoms with Crippen molar-refractivity contribution in [2.75, 3.05) is 25.1 Å². The summed E-state index contributed by atoms with van der Waals surface area (Å²) in [7, 11) is 0. The van der Waals surface area contributed by atoms with E-state index in [1.807, 2.05) is 49.0 Å². The summed E-state index contributed by atoms with van der Waals surface area (Å²) in [6, 6.07) is 10.1. The molecule has 1 atom stereocenters. The molecule has 0 saturated carbocycles. The van der Waals surface area contributed by atoms with Gasteiger partial charge in [0, 0.05) is 6.54 Å². The maximum Gasteiger partial charge on any atom is 0.237 e. The molecular weight excluding hydrogens is 280 g/mol. The first-order valence-electron chi connectivity index (χ1n) is 7.75. The third-order valence-corrected chi connectivity index (χ3v) is 5.09. The number of hydrogen-bond acceptors (Lipinski definition) is 3. The van der Waals surface area contributed by atoms with E-state index in [1.165, 1.54) is 18.6 Å². The highest BCUT2D eigenvalue weighted by atomic mass is 32.2. The Hall–Kier alpha value is -1.00. The molecular formula is C17H26N2OS. The number of carbonyl (C=O) groups is 1. The van der Waals surface area contributed by atoms with Gasteiger partial charge >= 0.3 is 0 Å². The molecule has 2 rings (SSSR count). The van der Waals surface area contributed by atoms with Crippen LogP contribution in [0, 0.1) is 5.92 Å². The maximum atomic E-state index is 12.3. The summed E-state index contributed by atoms with van der Waals surface area (Å²) in [5.41, 5.74) is 1.15. The van der Waals surface area contributed by atoms with Gasteiger partial charge in [-0.15, -0.1) is 0 Å². The van der Waals surface area contributed by atoms with E-state index in [-0.39, 0.29) is 11.9 Å². The third kappa shape index (κ3) is 5.04. The quantitative estimate of drug-likeness (QED) is 0.877. The predicted octanol–water partition coefficient (Wildman–Crippen LogP) is 2.77. The Bertz CT molecular complexity index is 430. The highest BCUT2D eigenvalue weighted by molar-refractivity contribution is 7.98. The van der Waals surface area contributed by atoms with E-state index in [9.17, 15) is 4.79 Å². The summed E-state index contributed by atoms with van der Waals surface area (Å²) in [6.07, 6.45) is 4.61. The lowest BCUT2D eigenvalue weighted by atomic mass is 9.98. The van der Waals surface area contributed by atoms with E-state index in [1.54, 1.807) is 0 Å². The van der Waals surface area contributed by atoms with E-state index in [4.69, 9.17) is 0 Å². The van der Waals surface area contributed by atoms with Crippen LogP contribution in [-0.2, 0) is 11.3 Å². The zero-order valence-corrected chi connectivity index (χ0v) is 13.9. The number of carbonyl (C=O) groups excluding carboxylic acids is 1. The normalized spacial score (nSPS) is 18.4. The maximum absolute atomic E-state index is 12.3. The molecule has 0 bridgehead atoms. The van der Waals surface area contributed by atoms with Crippen LogP contribution in [0.25, 0.3) is 0 Å². The van der Waals surface area contributed by atoms with E-state index in [2.05, 4.69) is 16.5 Å². The molecule has 1 saturated heterocycles. The minimum atomic E-state index is -0.0241. The molecule has 1 fully saturated rings. The number of amides is 1. The molecule has 1 aromatic carbocycles. The lowest BCUT2D eigenvalue weighted by Crippen LogP contribution is -2.48. The molecule has 1 N–H and O–H groups in total. The molecule has 1 aliphatic rings. The summed E-state index contributed by atoms with van der Waals surface area (Å²) in [6.45, 7) is 4.73. The standard InChI is InChI=1S/C17H26N2OS/c1-14(19-10-8-16(9-11-19)13-21-2)17(20)18-12-15-6-4-3-5-7-15/h3-7,14,16H,8-13H2,1-2H3,(H,18,20)/t14-/m0/s1. The zero-order chi connectivity index (χ0) is 15.1. The second-order valence-corrected chi connectivity index (χ2v) is 6.72. The van der Waals surface area contributed by atoms with Gasteiger partial charge in [0.15, 0.2) is 0 Å². The highest BCUT2D eigenvalue weighted by Gasteiger charge is 2.26. The average Bonchev–Trinajstić information content (AvgIpc) is 2.54. The smallest absolute Gasteiger partial charge is 0.237 e. The number of rotatable bonds is 6. The molecule has 0 aliphatic carbocycles. The first kappa shape index (κ1) is 16.4. The lowest BCUT2D eigenvalue weighted by Gasteiger charge is -2.35. The van der Waals surface area contributed by atoms with Crippen molar-refractivity contribution >= 4 is 17.7 Å². The van der Waals surface area contributed by atoms with Crippen LogP contribution < -0.4 is 5.32 Å². The minimum Gasteiger partial charge on any atom is -0.351 e. The van der Waals surface area contributed by atoms with Crippen LogP contribution in [0.5, 0.6) is 0 Å². The molecule has 0 aromatic heterocycles. The van der Waals surface area contributed by atoms with Gasteiger partial charge < -0.3 is 5.32 Å². The highest BCUT2D eigenvalue weighted by Crippen LogP contribution is 2.21. The number of nitrogens with one attached hydrogen (secondary N) is 1. The van der Waals surface area contributed by atoms with Crippen LogP contribution >= 0.6 is 11.8 Å². The molecule has 1 amide bonds. The topological polar surface area (TPSA) is 32.3 Å². The molecule has 1 aliphatic heterocycles. The Labute approximate surface area is 132 Å². The second kappa shape index (κ2) is 8.44. The van der Waals surface area contributed by atoms with Crippen molar-refractivity contribution in [3.05, 3.63) is 35.9 Å². The van der Waals surface area contributed by atoms with Gasteiger partial charge in [-0.2, -0.15) is 11.8 Å². The van der Waals surface area contributed by atoms with Crippen LogP contribution in [0.15, 0.2) is 30.3 Å². The van der Waals surface area contributed by atoms with Gasteiger partial charge in [-0.1, -0.05) is 30.3 Å². The Morgan fingerprint density at radius 3 is 2.62 bits per heavy atom. The number of hydrogen-bond donors (Lipinski definition) is 1. The fourth-order valence-corrected chi connectivity index (χ4v) is 3.65. The van der Waals surface area contributed by atoms with E-state index < -0.39 is 0 Å². The fourth-order valence-electron chi connectivity index (χ4n) is 2.84. The van der Waals surface area contributed by atoms with Gasteiger partial charge in [-0.3, -0.25) is 9.69 Å². The minimum absolute atomic E-state index is 0.0241. The van der Waals surface area contributed by atoms with Gasteiger partial charge in [-0.25, -0.2) is 0 Å². The monoisotopic (exact) mass is 306 g/mol. The van der Waals surface area contributed by atoms with E-state index in [0.717, 1.165) is 24.6 Å². The lowest BCUT2D eigenvalue weighted by molar-refractivity contribution is -0.126. The molecule has 1 heterocycles. The molecule has 116 valence electrons. The van der Waals surface area contributed by atoms with Crippen molar-refractivity contribution in [2.24, 2.45) is 5.92 Å². The van der Waals surface area contributed by atoms with Crippen molar-refractivity contribution in [1.29, 1.82) is 0 Å². The van der Waals surface area contributed by atoms with E-state index >= 15 is 0 Å². The first-order chi connectivity index (χ1) is 10.2. The molecule has 21 heavy (non-hydrogen) atoms. The Kier molecular flexibility index (Phi) is 6.58. The van der Waals surface area contributed by atoms with E-state index in [0.29, 0.717) is 6.54 Å². The summed E-state index contributed by atoms with van der Waals surface area (Å²) < 4.78 is 0. The Balaban J connectivity index is 1.75. The number of piperidine rings is 1. The molecule has 0 unspecified atom stereocenters. The van der Waals surface area contributed by atoms with Crippen molar-refractivity contribution in [1.82, 2.24) is 10.2 Å². The fraction of sp³-hybridized carbons (Fsp3) is 0.588. The summed E-state index contributed by atoms with van der Waals surface area (Å²) in [5.74, 6) is 2.22. The molecule has 0 spiro atoms. The van der Waals surface area contributed by atoms with Crippen molar-refractivity contribution in [3.63, 3.8) is 0 Å². The van der Waals surface area contributed by atoms with Crippen LogP contribution in [-0.4, -0.2) is 41.9 Å². The number of nitrogens with zero attached hydrogens (tertiary/aromatic N) is 1. The van der Waals surface area contributed by atoms with Crippen molar-refractivity contribution in [2.45, 2.75) is 32.4 Å². The van der Waals surface area contributed by atoms with Crippen LogP contribution in [0.3, 0.4) is 0 Å². The van der Waals surface area contributed by atoms with Gasteiger partial charge in [0.1, 0.15) is 0 Å². The van der Waals surface area contributed by atoms with Crippen molar-refractivity contribution in [3.8, 4) is 0 Å². The van der Waals surface area contributed by atoms with Crippen LogP contribution in [0.2, 0.25) is 0 Å². The zero-order valence-electron chi connectivity index (χ0n) is 13.0. The molecule has 3 nitrogen and oxygen atoms in total. The summed E-state index contributed by atoms with van der Waals surface area (Å²) >= 11 is 1.93. The number of benzene rings is 1. The predicted molar refractivity (Wildman–Crippen MR) is 90.4 cm³/mol. The number of thioether (sulfide) groups is 1. The summed E-state index contributed by atoms with van der Waals surface area (Å²) in [4.78, 5) is 14.6. The third-order valence-electron chi connectivity index (χ3n) is 4.29. The van der Waals surface area contributed by atoms with Crippen LogP contribution in [0.4, 0.5) is 0 Å². The van der Waals surface area contributed by atoms with Crippen molar-refractivity contribution < 1.29 is 4.79 Å². The molecule has 1 aromatic rings. The Morgan fingerprint density at radius 1 is 1.33 bits per heavy atom. The Morgan fingerprint density at radius 2 is 2.00 bits per heavy atom. The van der Waals surface area contributed by atoms with Gasteiger partial charge in [0.05, 0.1) is 6.04 Å². The largest absolute Gasteiger partial charge is 0.351 e. The summed E-state index contributed by atoms with van der Waals surface area (Å²) in [5, 5.41) is 3.05. The van der Waals surface area contributed by atoms with Gasteiger partial charge in [0.25, 0.3) is 0 Å². The number of likely N-dealkylation sites (tertiary alicyclic amines) is 1. The van der Waals surface area contributed by atoms with Crippen LogP contribution in [0.1, 0.15) is 25.3 Å².